The number of dihydropyridines is 1. The molecule has 0 spiro atoms. The van der Waals surface area contributed by atoms with Crippen LogP contribution in [-0.2, 0) is 5.66 Å². The second-order valence-electron chi connectivity index (χ2n) is 3.71. The fraction of sp³-hybridized carbons (Fsp3) is 0.222. The molecule has 1 unspecified atom stereocenters. The van der Waals surface area contributed by atoms with E-state index in [9.17, 15) is 10.1 Å². The van der Waals surface area contributed by atoms with Gasteiger partial charge in [0.1, 0.15) is 0 Å². The van der Waals surface area contributed by atoms with E-state index in [4.69, 9.17) is 16.2 Å². The van der Waals surface area contributed by atoms with Crippen molar-refractivity contribution in [3.8, 4) is 5.88 Å². The minimum atomic E-state index is -1.19. The van der Waals surface area contributed by atoms with Gasteiger partial charge in [-0.2, -0.15) is 0 Å². The molecule has 2 rings (SSSR count). The van der Waals surface area contributed by atoms with E-state index in [1.807, 2.05) is 0 Å². The van der Waals surface area contributed by atoms with Crippen molar-refractivity contribution >= 4 is 0 Å². The Hall–Kier alpha value is -2.55. The summed E-state index contributed by atoms with van der Waals surface area (Å²) in [6.45, 7) is 0. The topological polar surface area (TPSA) is 145 Å². The average Bonchev–Trinajstić information content (AvgIpc) is 2.77. The minimum absolute atomic E-state index is 0.112. The number of hydrogen-bond acceptors (Lipinski definition) is 7. The van der Waals surface area contributed by atoms with Gasteiger partial charge in [-0.15, -0.1) is 5.10 Å². The van der Waals surface area contributed by atoms with E-state index in [0.29, 0.717) is 11.6 Å². The molecule has 2 heterocycles. The largest absolute Gasteiger partial charge is 0.480 e. The van der Waals surface area contributed by atoms with E-state index in [-0.39, 0.29) is 11.5 Å². The highest BCUT2D eigenvalue weighted by atomic mass is 16.6. The number of methoxy groups -OCH3 is 1. The molecule has 96 valence electrons. The Bertz CT molecular complexity index is 548. The number of nitrogens with zero attached hydrogens (tertiary/aromatic N) is 2. The Morgan fingerprint density at radius 2 is 2.33 bits per heavy atom. The van der Waals surface area contributed by atoms with Crippen LogP contribution in [0.1, 0.15) is 5.69 Å². The minimum Gasteiger partial charge on any atom is -0.480 e. The Morgan fingerprint density at radius 1 is 1.61 bits per heavy atom. The van der Waals surface area contributed by atoms with E-state index in [0.717, 1.165) is 0 Å². The molecule has 0 fully saturated rings. The normalized spacial score (nSPS) is 22.8. The Morgan fingerprint density at radius 3 is 2.83 bits per heavy atom. The maximum atomic E-state index is 10.7. The van der Waals surface area contributed by atoms with E-state index in [1.54, 1.807) is 6.07 Å². The van der Waals surface area contributed by atoms with E-state index < -0.39 is 10.6 Å². The highest BCUT2D eigenvalue weighted by molar-refractivity contribution is 5.34. The Balaban J connectivity index is 2.32. The van der Waals surface area contributed by atoms with Crippen molar-refractivity contribution in [3.05, 3.63) is 45.5 Å². The van der Waals surface area contributed by atoms with Crippen LogP contribution in [0.25, 0.3) is 0 Å². The monoisotopic (exact) mass is 252 g/mol. The van der Waals surface area contributed by atoms with Crippen LogP contribution in [0.3, 0.4) is 0 Å². The SMILES string of the molecule is COc1cc(C2(N)C=CC([N+](=O)[O-])=C(N)N2)[nH]n1. The molecular weight excluding hydrogens is 240 g/mol. The third kappa shape index (κ3) is 1.86. The van der Waals surface area contributed by atoms with Crippen LogP contribution >= 0.6 is 0 Å². The molecular formula is C9H12N6O3. The second kappa shape index (κ2) is 4.04. The van der Waals surface area contributed by atoms with Crippen LogP contribution < -0.4 is 21.5 Å². The van der Waals surface area contributed by atoms with Crippen molar-refractivity contribution in [2.45, 2.75) is 5.66 Å². The number of nitrogens with two attached hydrogens (primary N) is 2. The number of allylic oxidation sites excluding steroid dienone is 1. The van der Waals surface area contributed by atoms with Gasteiger partial charge in [0.15, 0.2) is 11.5 Å². The van der Waals surface area contributed by atoms with Crippen molar-refractivity contribution in [1.29, 1.82) is 0 Å². The van der Waals surface area contributed by atoms with Gasteiger partial charge in [0.05, 0.1) is 17.7 Å². The first-order valence-electron chi connectivity index (χ1n) is 4.96. The van der Waals surface area contributed by atoms with Gasteiger partial charge in [-0.25, -0.2) is 0 Å². The summed E-state index contributed by atoms with van der Waals surface area (Å²) in [5.41, 5.74) is 10.7. The fourth-order valence-corrected chi connectivity index (χ4v) is 1.56. The van der Waals surface area contributed by atoms with Crippen LogP contribution in [0.2, 0.25) is 0 Å². The number of H-pyrrole nitrogens is 1. The molecule has 0 radical (unpaired) electrons. The molecule has 0 aliphatic carbocycles. The molecule has 9 nitrogen and oxygen atoms in total. The zero-order valence-corrected chi connectivity index (χ0v) is 9.51. The molecule has 0 saturated heterocycles. The molecule has 1 aromatic heterocycles. The van der Waals surface area contributed by atoms with Crippen molar-refractivity contribution in [3.63, 3.8) is 0 Å². The highest BCUT2D eigenvalue weighted by Gasteiger charge is 2.33. The van der Waals surface area contributed by atoms with Gasteiger partial charge in [-0.1, -0.05) is 0 Å². The van der Waals surface area contributed by atoms with Gasteiger partial charge in [0, 0.05) is 12.1 Å². The number of aromatic nitrogens is 2. The molecule has 1 aliphatic rings. The lowest BCUT2D eigenvalue weighted by atomic mass is 10.0. The standard InChI is InChI=1S/C9H12N6O3/c1-18-7-4-6(13-14-7)9(11)3-2-5(15(16)17)8(10)12-9/h2-4,12H,10-11H2,1H3,(H,13,14). The number of aromatic amines is 1. The average molecular weight is 252 g/mol. The summed E-state index contributed by atoms with van der Waals surface area (Å²) in [6, 6.07) is 1.57. The highest BCUT2D eigenvalue weighted by Crippen LogP contribution is 2.23. The molecule has 9 heteroatoms. The lowest BCUT2D eigenvalue weighted by Crippen LogP contribution is -2.52. The first kappa shape index (κ1) is 11.9. The first-order chi connectivity index (χ1) is 8.46. The third-order valence-corrected chi connectivity index (χ3v) is 2.53. The number of hydrogen-bond donors (Lipinski definition) is 4. The van der Waals surface area contributed by atoms with Crippen LogP contribution in [0.5, 0.6) is 5.88 Å². The van der Waals surface area contributed by atoms with Gasteiger partial charge in [-0.05, 0) is 6.08 Å². The molecule has 1 atom stereocenters. The second-order valence-corrected chi connectivity index (χ2v) is 3.71. The molecule has 1 aromatic rings. The maximum Gasteiger partial charge on any atom is 0.308 e. The van der Waals surface area contributed by atoms with Gasteiger partial charge < -0.3 is 21.5 Å². The Kier molecular flexibility index (Phi) is 2.67. The number of nitro groups is 1. The fourth-order valence-electron chi connectivity index (χ4n) is 1.56. The van der Waals surface area contributed by atoms with Crippen molar-refractivity contribution in [2.24, 2.45) is 11.5 Å². The zero-order chi connectivity index (χ0) is 13.3. The molecule has 1 aliphatic heterocycles. The summed E-state index contributed by atoms with van der Waals surface area (Å²) in [6.07, 6.45) is 2.67. The summed E-state index contributed by atoms with van der Waals surface area (Å²) >= 11 is 0. The summed E-state index contributed by atoms with van der Waals surface area (Å²) < 4.78 is 4.92. The van der Waals surface area contributed by atoms with Gasteiger partial charge in [0.25, 0.3) is 0 Å². The van der Waals surface area contributed by atoms with Crippen LogP contribution in [-0.4, -0.2) is 22.2 Å². The lowest BCUT2D eigenvalue weighted by Gasteiger charge is -2.28. The van der Waals surface area contributed by atoms with Crippen molar-refractivity contribution in [2.75, 3.05) is 7.11 Å². The quantitative estimate of drug-likeness (QED) is 0.402. The van der Waals surface area contributed by atoms with Gasteiger partial charge >= 0.3 is 5.70 Å². The zero-order valence-electron chi connectivity index (χ0n) is 9.51. The van der Waals surface area contributed by atoms with E-state index in [1.165, 1.54) is 19.3 Å². The van der Waals surface area contributed by atoms with Crippen LogP contribution in [0.15, 0.2) is 29.7 Å². The van der Waals surface area contributed by atoms with Gasteiger partial charge in [0.2, 0.25) is 5.88 Å². The smallest absolute Gasteiger partial charge is 0.308 e. The Labute approximate surface area is 102 Å². The summed E-state index contributed by atoms with van der Waals surface area (Å²) in [7, 11) is 1.46. The summed E-state index contributed by atoms with van der Waals surface area (Å²) in [4.78, 5) is 10.1. The van der Waals surface area contributed by atoms with Crippen LogP contribution in [0, 0.1) is 10.1 Å². The number of nitrogens with one attached hydrogen (secondary N) is 2. The predicted molar refractivity (Wildman–Crippen MR) is 61.5 cm³/mol. The molecule has 0 amide bonds. The number of ether oxygens (including phenoxy) is 1. The number of rotatable bonds is 3. The molecule has 18 heavy (non-hydrogen) atoms. The predicted octanol–water partition coefficient (Wildman–Crippen LogP) is -0.906. The first-order valence-corrected chi connectivity index (χ1v) is 4.96. The maximum absolute atomic E-state index is 10.7. The summed E-state index contributed by atoms with van der Waals surface area (Å²) in [5.74, 6) is 0.242. The lowest BCUT2D eigenvalue weighted by molar-refractivity contribution is -0.421. The molecule has 6 N–H and O–H groups in total. The van der Waals surface area contributed by atoms with E-state index in [2.05, 4.69) is 15.5 Å². The van der Waals surface area contributed by atoms with Crippen LogP contribution in [0.4, 0.5) is 0 Å². The summed E-state index contributed by atoms with van der Waals surface area (Å²) in [5, 5.41) is 19.8. The molecule has 0 aromatic carbocycles. The molecule has 0 bridgehead atoms. The third-order valence-electron chi connectivity index (χ3n) is 2.53. The van der Waals surface area contributed by atoms with E-state index >= 15 is 0 Å². The van der Waals surface area contributed by atoms with Crippen molar-refractivity contribution in [1.82, 2.24) is 15.5 Å². The van der Waals surface area contributed by atoms with Crippen molar-refractivity contribution < 1.29 is 9.66 Å². The molecule has 0 saturated carbocycles. The van der Waals surface area contributed by atoms with Gasteiger partial charge in [-0.3, -0.25) is 15.2 Å².